The minimum absolute atomic E-state index is 0.328. The summed E-state index contributed by atoms with van der Waals surface area (Å²) in [6.07, 6.45) is 0. The lowest BCUT2D eigenvalue weighted by atomic mass is 9.97. The average molecular weight is 351 g/mol. The number of carbonyl (C=O) groups is 1. The minimum atomic E-state index is -0.328. The molecule has 3 nitrogen and oxygen atoms in total. The molecule has 0 radical (unpaired) electrons. The largest absolute Gasteiger partial charge is 0.424 e. The SMILES string of the molecule is CC(=O)Oc1c(-c2ccccc2)[nH]c2c3ccccc3c3ccccc3c12. The molecule has 1 aromatic heterocycles. The van der Waals surface area contributed by atoms with E-state index in [1.807, 2.05) is 48.5 Å². The molecule has 0 atom stereocenters. The Balaban J connectivity index is 2.02. The molecule has 0 spiro atoms. The number of esters is 1. The molecule has 3 heteroatoms. The molecule has 0 fully saturated rings. The normalized spacial score (nSPS) is 11.3. The first kappa shape index (κ1) is 15.6. The van der Waals surface area contributed by atoms with E-state index in [0.29, 0.717) is 5.75 Å². The van der Waals surface area contributed by atoms with Gasteiger partial charge in [0.1, 0.15) is 0 Å². The van der Waals surface area contributed by atoms with Crippen LogP contribution in [0.4, 0.5) is 0 Å². The van der Waals surface area contributed by atoms with Crippen molar-refractivity contribution in [2.24, 2.45) is 0 Å². The fraction of sp³-hybridized carbons (Fsp3) is 0.0417. The van der Waals surface area contributed by atoms with E-state index in [1.54, 1.807) is 0 Å². The second-order valence-corrected chi connectivity index (χ2v) is 6.63. The van der Waals surface area contributed by atoms with Crippen molar-refractivity contribution in [3.8, 4) is 17.0 Å². The van der Waals surface area contributed by atoms with E-state index in [0.717, 1.165) is 38.3 Å². The van der Waals surface area contributed by atoms with Crippen LogP contribution in [0.25, 0.3) is 43.7 Å². The molecule has 4 aromatic carbocycles. The number of nitrogens with one attached hydrogen (secondary N) is 1. The van der Waals surface area contributed by atoms with Gasteiger partial charge in [-0.25, -0.2) is 0 Å². The number of H-pyrrole nitrogens is 1. The van der Waals surface area contributed by atoms with Crippen LogP contribution in [-0.2, 0) is 4.79 Å². The third kappa shape index (κ3) is 2.40. The van der Waals surface area contributed by atoms with E-state index in [9.17, 15) is 4.79 Å². The first-order valence-electron chi connectivity index (χ1n) is 8.93. The van der Waals surface area contributed by atoms with Gasteiger partial charge in [-0.15, -0.1) is 0 Å². The monoisotopic (exact) mass is 351 g/mol. The van der Waals surface area contributed by atoms with Crippen LogP contribution in [0, 0.1) is 0 Å². The summed E-state index contributed by atoms with van der Waals surface area (Å²) < 4.78 is 5.74. The summed E-state index contributed by atoms with van der Waals surface area (Å²) in [5.41, 5.74) is 2.79. The fourth-order valence-electron chi connectivity index (χ4n) is 3.87. The third-order valence-electron chi connectivity index (χ3n) is 4.95. The van der Waals surface area contributed by atoms with Crippen molar-refractivity contribution in [1.82, 2.24) is 4.98 Å². The highest BCUT2D eigenvalue weighted by Crippen LogP contribution is 2.44. The number of benzene rings is 4. The Hall–Kier alpha value is -3.59. The van der Waals surface area contributed by atoms with Gasteiger partial charge in [0.25, 0.3) is 0 Å². The highest BCUT2D eigenvalue weighted by atomic mass is 16.5. The lowest BCUT2D eigenvalue weighted by Crippen LogP contribution is -2.02. The number of hydrogen-bond donors (Lipinski definition) is 1. The number of carbonyl (C=O) groups excluding carboxylic acids is 1. The second kappa shape index (κ2) is 5.99. The molecule has 5 rings (SSSR count). The van der Waals surface area contributed by atoms with Gasteiger partial charge >= 0.3 is 5.97 Å². The summed E-state index contributed by atoms with van der Waals surface area (Å²) in [6, 6.07) is 26.5. The summed E-state index contributed by atoms with van der Waals surface area (Å²) in [5.74, 6) is 0.260. The molecule has 0 amide bonds. The number of hydrogen-bond acceptors (Lipinski definition) is 2. The zero-order valence-electron chi connectivity index (χ0n) is 14.8. The Kier molecular flexibility index (Phi) is 3.47. The summed E-state index contributed by atoms with van der Waals surface area (Å²) in [6.45, 7) is 1.44. The molecule has 1 heterocycles. The summed E-state index contributed by atoms with van der Waals surface area (Å²) in [7, 11) is 0. The highest BCUT2D eigenvalue weighted by molar-refractivity contribution is 6.27. The average Bonchev–Trinajstić information content (AvgIpc) is 3.08. The van der Waals surface area contributed by atoms with Crippen LogP contribution in [0.15, 0.2) is 78.9 Å². The predicted octanol–water partition coefficient (Wildman–Crippen LogP) is 6.07. The number of aromatic nitrogens is 1. The van der Waals surface area contributed by atoms with Gasteiger partial charge in [-0.1, -0.05) is 78.9 Å². The van der Waals surface area contributed by atoms with Crippen molar-refractivity contribution < 1.29 is 9.53 Å². The van der Waals surface area contributed by atoms with Crippen molar-refractivity contribution in [2.45, 2.75) is 6.92 Å². The molecular formula is C24H17NO2. The van der Waals surface area contributed by atoms with Crippen LogP contribution in [0.2, 0.25) is 0 Å². The fourth-order valence-corrected chi connectivity index (χ4v) is 3.87. The van der Waals surface area contributed by atoms with E-state index < -0.39 is 0 Å². The van der Waals surface area contributed by atoms with Crippen LogP contribution < -0.4 is 4.74 Å². The Labute approximate surface area is 156 Å². The smallest absolute Gasteiger partial charge is 0.308 e. The molecule has 130 valence electrons. The van der Waals surface area contributed by atoms with Crippen molar-refractivity contribution in [1.29, 1.82) is 0 Å². The molecular weight excluding hydrogens is 334 g/mol. The molecule has 0 aliphatic rings. The first-order valence-corrected chi connectivity index (χ1v) is 8.93. The van der Waals surface area contributed by atoms with Crippen molar-refractivity contribution in [3.05, 3.63) is 78.9 Å². The second-order valence-electron chi connectivity index (χ2n) is 6.63. The predicted molar refractivity (Wildman–Crippen MR) is 110 cm³/mol. The molecule has 0 bridgehead atoms. The van der Waals surface area contributed by atoms with Gasteiger partial charge in [-0.05, 0) is 16.2 Å². The Bertz CT molecular complexity index is 1320. The lowest BCUT2D eigenvalue weighted by Gasteiger charge is -2.08. The van der Waals surface area contributed by atoms with Gasteiger partial charge in [0.15, 0.2) is 5.75 Å². The van der Waals surface area contributed by atoms with Crippen molar-refractivity contribution in [2.75, 3.05) is 0 Å². The number of rotatable bonds is 2. The third-order valence-corrected chi connectivity index (χ3v) is 4.95. The van der Waals surface area contributed by atoms with Gasteiger partial charge in [0.05, 0.1) is 16.6 Å². The highest BCUT2D eigenvalue weighted by Gasteiger charge is 2.21. The maximum atomic E-state index is 11.9. The zero-order valence-corrected chi connectivity index (χ0v) is 14.8. The molecule has 0 aliphatic heterocycles. The molecule has 1 N–H and O–H groups in total. The molecule has 5 aromatic rings. The standard InChI is InChI=1S/C24H17NO2/c1-15(26)27-24-21-19-13-7-5-11-17(19)18-12-6-8-14-20(18)23(21)25-22(24)16-9-3-2-4-10-16/h2-14,25H,1H3. The summed E-state index contributed by atoms with van der Waals surface area (Å²) >= 11 is 0. The van der Waals surface area contributed by atoms with Crippen LogP contribution in [0.3, 0.4) is 0 Å². The number of fused-ring (bicyclic) bond motifs is 6. The molecule has 0 aliphatic carbocycles. The minimum Gasteiger partial charge on any atom is -0.424 e. The van der Waals surface area contributed by atoms with E-state index in [1.165, 1.54) is 12.3 Å². The van der Waals surface area contributed by atoms with E-state index in [-0.39, 0.29) is 5.97 Å². The molecule has 0 unspecified atom stereocenters. The van der Waals surface area contributed by atoms with E-state index in [2.05, 4.69) is 35.3 Å². The van der Waals surface area contributed by atoms with E-state index in [4.69, 9.17) is 4.74 Å². The van der Waals surface area contributed by atoms with Crippen LogP contribution in [-0.4, -0.2) is 11.0 Å². The lowest BCUT2D eigenvalue weighted by molar-refractivity contribution is -0.131. The maximum absolute atomic E-state index is 11.9. The molecule has 0 saturated heterocycles. The summed E-state index contributed by atoms with van der Waals surface area (Å²) in [5, 5.41) is 5.45. The van der Waals surface area contributed by atoms with Crippen molar-refractivity contribution in [3.63, 3.8) is 0 Å². The van der Waals surface area contributed by atoms with Crippen LogP contribution in [0.1, 0.15) is 6.92 Å². The molecule has 27 heavy (non-hydrogen) atoms. The number of ether oxygens (including phenoxy) is 1. The van der Waals surface area contributed by atoms with Crippen molar-refractivity contribution >= 4 is 38.4 Å². The first-order chi connectivity index (χ1) is 13.2. The zero-order chi connectivity index (χ0) is 18.4. The quantitative estimate of drug-likeness (QED) is 0.310. The van der Waals surface area contributed by atoms with Gasteiger partial charge in [-0.2, -0.15) is 0 Å². The topological polar surface area (TPSA) is 42.1 Å². The Morgan fingerprint density at radius 3 is 1.96 bits per heavy atom. The number of aromatic amines is 1. The van der Waals surface area contributed by atoms with Gasteiger partial charge < -0.3 is 9.72 Å². The van der Waals surface area contributed by atoms with E-state index >= 15 is 0 Å². The Morgan fingerprint density at radius 1 is 0.741 bits per heavy atom. The van der Waals surface area contributed by atoms with Gasteiger partial charge in [0.2, 0.25) is 0 Å². The maximum Gasteiger partial charge on any atom is 0.308 e. The van der Waals surface area contributed by atoms with Gasteiger partial charge in [-0.3, -0.25) is 4.79 Å². The molecule has 0 saturated carbocycles. The summed E-state index contributed by atoms with van der Waals surface area (Å²) in [4.78, 5) is 15.4. The van der Waals surface area contributed by atoms with Gasteiger partial charge in [0, 0.05) is 17.9 Å². The van der Waals surface area contributed by atoms with Crippen LogP contribution in [0.5, 0.6) is 5.75 Å². The van der Waals surface area contributed by atoms with Crippen LogP contribution >= 0.6 is 0 Å². The Morgan fingerprint density at radius 2 is 1.30 bits per heavy atom.